The Balaban J connectivity index is 1.11. The first-order valence-electron chi connectivity index (χ1n) is 11.4. The van der Waals surface area contributed by atoms with Crippen molar-refractivity contribution in [2.75, 3.05) is 45.9 Å². The van der Waals surface area contributed by atoms with Crippen molar-refractivity contribution in [3.05, 3.63) is 102 Å². The molecular formula is C28H32N2O2. The molecule has 4 nitrogen and oxygen atoms in total. The predicted octanol–water partition coefficient (Wildman–Crippen LogP) is 5.33. The van der Waals surface area contributed by atoms with E-state index in [-0.39, 0.29) is 0 Å². The molecule has 1 fully saturated rings. The van der Waals surface area contributed by atoms with Gasteiger partial charge in [-0.25, -0.2) is 0 Å². The van der Waals surface area contributed by atoms with E-state index in [1.54, 1.807) is 0 Å². The largest absolute Gasteiger partial charge is 0.457 e. The molecule has 0 spiro atoms. The van der Waals surface area contributed by atoms with Crippen LogP contribution in [0.1, 0.15) is 11.1 Å². The molecular weight excluding hydrogens is 396 g/mol. The summed E-state index contributed by atoms with van der Waals surface area (Å²) in [6.45, 7) is 7.77. The Morgan fingerprint density at radius 1 is 0.719 bits per heavy atom. The van der Waals surface area contributed by atoms with Gasteiger partial charge in [-0.15, -0.1) is 0 Å². The summed E-state index contributed by atoms with van der Waals surface area (Å²) in [4.78, 5) is 5.00. The fourth-order valence-corrected chi connectivity index (χ4v) is 3.80. The van der Waals surface area contributed by atoms with Crippen molar-refractivity contribution in [2.45, 2.75) is 6.61 Å². The van der Waals surface area contributed by atoms with E-state index in [4.69, 9.17) is 9.47 Å². The molecule has 0 amide bonds. The number of para-hydroxylation sites is 1. The molecule has 0 radical (unpaired) electrons. The molecule has 1 aliphatic heterocycles. The van der Waals surface area contributed by atoms with Gasteiger partial charge in [0.2, 0.25) is 0 Å². The maximum absolute atomic E-state index is 5.95. The minimum absolute atomic E-state index is 0.607. The lowest BCUT2D eigenvalue weighted by Crippen LogP contribution is -2.47. The summed E-state index contributed by atoms with van der Waals surface area (Å²) in [7, 11) is 0. The van der Waals surface area contributed by atoms with Gasteiger partial charge in [0.25, 0.3) is 0 Å². The van der Waals surface area contributed by atoms with E-state index < -0.39 is 0 Å². The zero-order chi connectivity index (χ0) is 21.8. The average Bonchev–Trinajstić information content (AvgIpc) is 2.84. The third-order valence-electron chi connectivity index (χ3n) is 5.64. The van der Waals surface area contributed by atoms with Crippen LogP contribution in [0.2, 0.25) is 0 Å². The number of piperazine rings is 1. The van der Waals surface area contributed by atoms with E-state index in [1.165, 1.54) is 5.56 Å². The van der Waals surface area contributed by atoms with Gasteiger partial charge in [-0.05, 0) is 35.4 Å². The molecule has 4 heteroatoms. The smallest absolute Gasteiger partial charge is 0.127 e. The molecule has 166 valence electrons. The fourth-order valence-electron chi connectivity index (χ4n) is 3.80. The Kier molecular flexibility index (Phi) is 8.50. The Morgan fingerprint density at radius 2 is 1.41 bits per heavy atom. The van der Waals surface area contributed by atoms with Crippen LogP contribution in [0.25, 0.3) is 6.08 Å². The molecule has 3 aromatic rings. The molecule has 1 heterocycles. The van der Waals surface area contributed by atoms with Crippen LogP contribution in [0, 0.1) is 0 Å². The van der Waals surface area contributed by atoms with E-state index in [9.17, 15) is 0 Å². The highest BCUT2D eigenvalue weighted by Crippen LogP contribution is 2.22. The van der Waals surface area contributed by atoms with E-state index in [1.807, 2.05) is 42.5 Å². The standard InChI is InChI=1S/C28H32N2O2/c1-3-9-25(10-4-1)12-8-16-29-17-19-30(20-18-29)21-22-31-24-26-11-7-15-28(23-26)32-27-13-5-2-6-14-27/h1-15,23H,16-22,24H2/b12-8-. The van der Waals surface area contributed by atoms with E-state index in [0.29, 0.717) is 6.61 Å². The minimum Gasteiger partial charge on any atom is -0.457 e. The van der Waals surface area contributed by atoms with Crippen molar-refractivity contribution >= 4 is 6.08 Å². The SMILES string of the molecule is C(=C/c1ccccc1)/CN1CCN(CCOCc2cccc(Oc3ccccc3)c2)CC1. The van der Waals surface area contributed by atoms with Gasteiger partial charge in [-0.3, -0.25) is 9.80 Å². The molecule has 0 bridgehead atoms. The second-order valence-electron chi connectivity index (χ2n) is 8.07. The van der Waals surface area contributed by atoms with E-state index in [2.05, 4.69) is 64.4 Å². The van der Waals surface area contributed by atoms with Crippen molar-refractivity contribution in [1.29, 1.82) is 0 Å². The van der Waals surface area contributed by atoms with Gasteiger partial charge in [-0.2, -0.15) is 0 Å². The maximum atomic E-state index is 5.95. The number of benzene rings is 3. The second kappa shape index (κ2) is 12.2. The third kappa shape index (κ3) is 7.34. The number of nitrogens with zero attached hydrogens (tertiary/aromatic N) is 2. The van der Waals surface area contributed by atoms with Crippen LogP contribution in [-0.2, 0) is 11.3 Å². The van der Waals surface area contributed by atoms with Gasteiger partial charge < -0.3 is 9.47 Å². The molecule has 32 heavy (non-hydrogen) atoms. The lowest BCUT2D eigenvalue weighted by Gasteiger charge is -2.34. The predicted molar refractivity (Wildman–Crippen MR) is 131 cm³/mol. The number of ether oxygens (including phenoxy) is 2. The maximum Gasteiger partial charge on any atom is 0.127 e. The first-order valence-corrected chi connectivity index (χ1v) is 11.4. The van der Waals surface area contributed by atoms with Crippen LogP contribution in [0.15, 0.2) is 91.0 Å². The Labute approximate surface area is 191 Å². The summed E-state index contributed by atoms with van der Waals surface area (Å²) in [5.74, 6) is 1.69. The quantitative estimate of drug-likeness (QED) is 0.408. The van der Waals surface area contributed by atoms with Crippen LogP contribution < -0.4 is 4.74 Å². The first-order chi connectivity index (χ1) is 15.8. The topological polar surface area (TPSA) is 24.9 Å². The van der Waals surface area contributed by atoms with Gasteiger partial charge in [-0.1, -0.05) is 72.8 Å². The molecule has 0 atom stereocenters. The van der Waals surface area contributed by atoms with Gasteiger partial charge in [0, 0.05) is 39.3 Å². The van der Waals surface area contributed by atoms with Crippen LogP contribution in [0.3, 0.4) is 0 Å². The van der Waals surface area contributed by atoms with Gasteiger partial charge in [0.05, 0.1) is 13.2 Å². The second-order valence-corrected chi connectivity index (χ2v) is 8.07. The van der Waals surface area contributed by atoms with Gasteiger partial charge >= 0.3 is 0 Å². The molecule has 1 saturated heterocycles. The van der Waals surface area contributed by atoms with Crippen molar-refractivity contribution in [3.8, 4) is 11.5 Å². The summed E-state index contributed by atoms with van der Waals surface area (Å²) in [6.07, 6.45) is 4.48. The number of hydrogen-bond acceptors (Lipinski definition) is 4. The molecule has 0 N–H and O–H groups in total. The van der Waals surface area contributed by atoms with Crippen molar-refractivity contribution < 1.29 is 9.47 Å². The molecule has 0 unspecified atom stereocenters. The summed E-state index contributed by atoms with van der Waals surface area (Å²) in [6, 6.07) is 28.5. The van der Waals surface area contributed by atoms with E-state index >= 15 is 0 Å². The summed E-state index contributed by atoms with van der Waals surface area (Å²) < 4.78 is 11.9. The Hall–Kier alpha value is -2.92. The van der Waals surface area contributed by atoms with E-state index in [0.717, 1.165) is 62.9 Å². The van der Waals surface area contributed by atoms with Crippen LogP contribution in [0.4, 0.5) is 0 Å². The lowest BCUT2D eigenvalue weighted by atomic mass is 10.2. The normalized spacial score (nSPS) is 15.2. The highest BCUT2D eigenvalue weighted by Gasteiger charge is 2.15. The zero-order valence-electron chi connectivity index (χ0n) is 18.6. The average molecular weight is 429 g/mol. The first kappa shape index (κ1) is 22.3. The monoisotopic (exact) mass is 428 g/mol. The molecule has 4 rings (SSSR count). The summed E-state index contributed by atoms with van der Waals surface area (Å²) in [5, 5.41) is 0. The van der Waals surface area contributed by atoms with Gasteiger partial charge in [0.15, 0.2) is 0 Å². The van der Waals surface area contributed by atoms with Crippen molar-refractivity contribution in [1.82, 2.24) is 9.80 Å². The third-order valence-corrected chi connectivity index (χ3v) is 5.64. The highest BCUT2D eigenvalue weighted by atomic mass is 16.5. The lowest BCUT2D eigenvalue weighted by molar-refractivity contribution is 0.0710. The highest BCUT2D eigenvalue weighted by molar-refractivity contribution is 5.48. The molecule has 0 aliphatic carbocycles. The summed E-state index contributed by atoms with van der Waals surface area (Å²) in [5.41, 5.74) is 2.40. The Morgan fingerprint density at radius 3 is 2.19 bits per heavy atom. The fraction of sp³-hybridized carbons (Fsp3) is 0.286. The number of hydrogen-bond donors (Lipinski definition) is 0. The molecule has 0 aromatic heterocycles. The Bertz CT molecular complexity index is 951. The summed E-state index contributed by atoms with van der Waals surface area (Å²) >= 11 is 0. The van der Waals surface area contributed by atoms with Crippen LogP contribution in [0.5, 0.6) is 11.5 Å². The number of rotatable bonds is 10. The molecule has 1 aliphatic rings. The van der Waals surface area contributed by atoms with Crippen molar-refractivity contribution in [2.24, 2.45) is 0 Å². The van der Waals surface area contributed by atoms with Crippen LogP contribution >= 0.6 is 0 Å². The van der Waals surface area contributed by atoms with Gasteiger partial charge in [0.1, 0.15) is 11.5 Å². The molecule has 3 aromatic carbocycles. The zero-order valence-corrected chi connectivity index (χ0v) is 18.6. The van der Waals surface area contributed by atoms with Crippen molar-refractivity contribution in [3.63, 3.8) is 0 Å². The minimum atomic E-state index is 0.607. The van der Waals surface area contributed by atoms with Crippen LogP contribution in [-0.4, -0.2) is 55.7 Å². The molecule has 0 saturated carbocycles.